The Hall–Kier alpha value is -5.38. The number of carbonyl (C=O) groups excluding carboxylic acids is 2. The molecular formula is C31H27N5O5. The van der Waals surface area contributed by atoms with Crippen LogP contribution in [0.2, 0.25) is 0 Å². The molecular weight excluding hydrogens is 522 g/mol. The van der Waals surface area contributed by atoms with E-state index in [-0.39, 0.29) is 31.7 Å². The number of benzene rings is 4. The third kappa shape index (κ3) is 5.40. The molecule has 0 saturated carbocycles. The smallest absolute Gasteiger partial charge is 0.249 e. The topological polar surface area (TPSA) is 108 Å². The minimum atomic E-state index is -1.04. The molecule has 0 unspecified atom stereocenters. The maximum atomic E-state index is 14.3. The molecule has 5 aromatic rings. The molecule has 4 aromatic carbocycles. The van der Waals surface area contributed by atoms with Crippen LogP contribution >= 0.6 is 0 Å². The number of hydrogen-bond acceptors (Lipinski definition) is 7. The quantitative estimate of drug-likeness (QED) is 0.293. The van der Waals surface area contributed by atoms with Gasteiger partial charge in [0.15, 0.2) is 11.5 Å². The van der Waals surface area contributed by atoms with E-state index >= 15 is 0 Å². The van der Waals surface area contributed by atoms with Crippen molar-refractivity contribution >= 4 is 28.5 Å². The third-order valence-corrected chi connectivity index (χ3v) is 6.83. The zero-order valence-corrected chi connectivity index (χ0v) is 22.3. The summed E-state index contributed by atoms with van der Waals surface area (Å²) in [5, 5.41) is 11.4. The molecule has 0 aliphatic carbocycles. The average Bonchev–Trinajstić information content (AvgIpc) is 3.66. The van der Waals surface area contributed by atoms with Crippen LogP contribution in [0.1, 0.15) is 17.2 Å². The van der Waals surface area contributed by atoms with E-state index < -0.39 is 6.04 Å². The van der Waals surface area contributed by atoms with E-state index in [1.54, 1.807) is 49.6 Å². The summed E-state index contributed by atoms with van der Waals surface area (Å²) in [5.41, 5.74) is 3.34. The fourth-order valence-electron chi connectivity index (χ4n) is 4.82. The Morgan fingerprint density at radius 1 is 0.951 bits per heavy atom. The van der Waals surface area contributed by atoms with Crippen molar-refractivity contribution in [1.29, 1.82) is 0 Å². The predicted octanol–water partition coefficient (Wildman–Crippen LogP) is 4.26. The lowest BCUT2D eigenvalue weighted by Crippen LogP contribution is -2.45. The Morgan fingerprint density at radius 2 is 1.76 bits per heavy atom. The summed E-state index contributed by atoms with van der Waals surface area (Å²) in [4.78, 5) is 29.8. The van der Waals surface area contributed by atoms with Crippen LogP contribution in [0.3, 0.4) is 0 Å². The van der Waals surface area contributed by atoms with Gasteiger partial charge in [-0.2, -0.15) is 0 Å². The molecule has 10 nitrogen and oxygen atoms in total. The number of fused-ring (bicyclic) bond motifs is 2. The van der Waals surface area contributed by atoms with Crippen molar-refractivity contribution in [2.45, 2.75) is 19.1 Å². The second-order valence-electron chi connectivity index (χ2n) is 9.42. The van der Waals surface area contributed by atoms with Gasteiger partial charge in [0.05, 0.1) is 12.6 Å². The number of methoxy groups -OCH3 is 1. The number of aromatic nitrogens is 3. The molecule has 0 bridgehead atoms. The van der Waals surface area contributed by atoms with Crippen molar-refractivity contribution < 1.29 is 23.8 Å². The molecule has 1 aliphatic rings. The average molecular weight is 550 g/mol. The molecule has 10 heteroatoms. The van der Waals surface area contributed by atoms with Gasteiger partial charge < -0.3 is 19.5 Å². The molecule has 41 heavy (non-hydrogen) atoms. The van der Waals surface area contributed by atoms with Gasteiger partial charge in [-0.25, -0.2) is 4.68 Å². The van der Waals surface area contributed by atoms with Gasteiger partial charge in [-0.05, 0) is 47.5 Å². The van der Waals surface area contributed by atoms with Crippen LogP contribution in [0.15, 0.2) is 97.1 Å². The van der Waals surface area contributed by atoms with Crippen LogP contribution in [0.25, 0.3) is 11.0 Å². The SMILES string of the molecule is COc1cccc([C@@H](C(=O)NCc2ccccc2)N(C(=O)Cn2nnc3ccccc32)c2ccc3c(c2)OCO3)c1. The Morgan fingerprint density at radius 3 is 2.61 bits per heavy atom. The number of nitrogens with one attached hydrogen (secondary N) is 1. The first kappa shape index (κ1) is 25.9. The van der Waals surface area contributed by atoms with Gasteiger partial charge in [-0.15, -0.1) is 5.10 Å². The lowest BCUT2D eigenvalue weighted by atomic mass is 10.0. The van der Waals surface area contributed by atoms with Crippen molar-refractivity contribution in [2.24, 2.45) is 0 Å². The van der Waals surface area contributed by atoms with E-state index in [4.69, 9.17) is 14.2 Å². The van der Waals surface area contributed by atoms with Gasteiger partial charge in [0.2, 0.25) is 18.6 Å². The highest BCUT2D eigenvalue weighted by Crippen LogP contribution is 2.38. The van der Waals surface area contributed by atoms with Gasteiger partial charge in [-0.1, -0.05) is 59.8 Å². The lowest BCUT2D eigenvalue weighted by Gasteiger charge is -2.32. The summed E-state index contributed by atoms with van der Waals surface area (Å²) >= 11 is 0. The summed E-state index contributed by atoms with van der Waals surface area (Å²) in [6.45, 7) is 0.215. The van der Waals surface area contributed by atoms with E-state index in [9.17, 15) is 9.59 Å². The zero-order valence-electron chi connectivity index (χ0n) is 22.3. The highest BCUT2D eigenvalue weighted by Gasteiger charge is 2.34. The Balaban J connectivity index is 1.43. The standard InChI is InChI=1S/C31H27N5O5/c1-39-24-11-7-10-22(16-24)30(31(38)32-18-21-8-3-2-4-9-21)36(23-14-15-27-28(17-23)41-20-40-27)29(37)19-35-26-13-6-5-12-25(26)33-34-35/h2-17,30H,18-20H2,1H3,(H,32,38)/t30-/m0/s1. The number of carbonyl (C=O) groups is 2. The Labute approximate surface area is 236 Å². The van der Waals surface area contributed by atoms with Crippen LogP contribution in [0, 0.1) is 0 Å². The molecule has 1 aromatic heterocycles. The van der Waals surface area contributed by atoms with E-state index in [0.717, 1.165) is 5.56 Å². The number of hydrogen-bond donors (Lipinski definition) is 1. The molecule has 206 valence electrons. The second kappa shape index (κ2) is 11.4. The molecule has 0 fully saturated rings. The van der Waals surface area contributed by atoms with E-state index in [2.05, 4.69) is 15.6 Å². The first-order valence-corrected chi connectivity index (χ1v) is 13.1. The Kier molecular flexibility index (Phi) is 7.19. The van der Waals surface area contributed by atoms with Crippen LogP contribution in [0.4, 0.5) is 5.69 Å². The van der Waals surface area contributed by atoms with Gasteiger partial charge in [0.1, 0.15) is 23.9 Å². The van der Waals surface area contributed by atoms with Gasteiger partial charge in [0.25, 0.3) is 0 Å². The van der Waals surface area contributed by atoms with Crippen molar-refractivity contribution in [2.75, 3.05) is 18.8 Å². The van der Waals surface area contributed by atoms with E-state index in [1.165, 1.54) is 9.58 Å². The zero-order chi connectivity index (χ0) is 28.2. The molecule has 1 N–H and O–H groups in total. The number of anilines is 1. The van der Waals surface area contributed by atoms with E-state index in [1.807, 2.05) is 54.6 Å². The second-order valence-corrected chi connectivity index (χ2v) is 9.42. The first-order valence-electron chi connectivity index (χ1n) is 13.1. The van der Waals surface area contributed by atoms with Crippen LogP contribution < -0.4 is 24.4 Å². The highest BCUT2D eigenvalue weighted by atomic mass is 16.7. The number of ether oxygens (including phenoxy) is 3. The fourth-order valence-corrected chi connectivity index (χ4v) is 4.82. The minimum absolute atomic E-state index is 0.0779. The summed E-state index contributed by atoms with van der Waals surface area (Å²) < 4.78 is 18.1. The van der Waals surface area contributed by atoms with E-state index in [0.29, 0.717) is 39.5 Å². The fraction of sp³-hybridized carbons (Fsp3) is 0.161. The number of rotatable bonds is 9. The predicted molar refractivity (Wildman–Crippen MR) is 152 cm³/mol. The summed E-state index contributed by atoms with van der Waals surface area (Å²) in [6, 6.07) is 28.2. The van der Waals surface area contributed by atoms with Gasteiger partial charge in [0, 0.05) is 18.3 Å². The molecule has 0 radical (unpaired) electrons. The summed E-state index contributed by atoms with van der Waals surface area (Å²) in [6.07, 6.45) is 0. The van der Waals surface area contributed by atoms with Gasteiger partial charge >= 0.3 is 0 Å². The van der Waals surface area contributed by atoms with Crippen molar-refractivity contribution in [3.05, 3.63) is 108 Å². The monoisotopic (exact) mass is 549 g/mol. The number of para-hydroxylation sites is 1. The normalized spacial score (nSPS) is 12.6. The van der Waals surface area contributed by atoms with Crippen LogP contribution in [-0.2, 0) is 22.7 Å². The van der Waals surface area contributed by atoms with Crippen molar-refractivity contribution in [1.82, 2.24) is 20.3 Å². The lowest BCUT2D eigenvalue weighted by molar-refractivity contribution is -0.127. The van der Waals surface area contributed by atoms with Gasteiger partial charge in [-0.3, -0.25) is 14.5 Å². The van der Waals surface area contributed by atoms with Crippen LogP contribution in [0.5, 0.6) is 17.2 Å². The number of amides is 2. The number of nitrogens with zero attached hydrogens (tertiary/aromatic N) is 4. The van der Waals surface area contributed by atoms with Crippen LogP contribution in [-0.4, -0.2) is 40.7 Å². The molecule has 0 spiro atoms. The first-order chi connectivity index (χ1) is 20.1. The molecule has 2 heterocycles. The molecule has 0 saturated heterocycles. The van der Waals surface area contributed by atoms with Crippen molar-refractivity contribution in [3.8, 4) is 17.2 Å². The summed E-state index contributed by atoms with van der Waals surface area (Å²) in [7, 11) is 1.56. The third-order valence-electron chi connectivity index (χ3n) is 6.83. The maximum Gasteiger partial charge on any atom is 0.249 e. The minimum Gasteiger partial charge on any atom is -0.497 e. The molecule has 1 aliphatic heterocycles. The largest absolute Gasteiger partial charge is 0.497 e. The van der Waals surface area contributed by atoms with Crippen molar-refractivity contribution in [3.63, 3.8) is 0 Å². The molecule has 2 amide bonds. The molecule has 1 atom stereocenters. The molecule has 6 rings (SSSR count). The Bertz CT molecular complexity index is 1700. The summed E-state index contributed by atoms with van der Waals surface area (Å²) in [5.74, 6) is 0.873. The highest BCUT2D eigenvalue weighted by molar-refractivity contribution is 6.02. The maximum absolute atomic E-state index is 14.3.